The summed E-state index contributed by atoms with van der Waals surface area (Å²) in [4.78, 5) is 10.8. The van der Waals surface area contributed by atoms with Crippen LogP contribution < -0.4 is 0 Å². The zero-order valence-corrected chi connectivity index (χ0v) is 11.2. The molecule has 1 aromatic rings. The summed E-state index contributed by atoms with van der Waals surface area (Å²) in [7, 11) is 3.01. The Hall–Kier alpha value is -1.49. The molecule has 0 fully saturated rings. The molecule has 0 spiro atoms. The summed E-state index contributed by atoms with van der Waals surface area (Å²) in [5, 5.41) is 7.83. The average Bonchev–Trinajstić information content (AvgIpc) is 2.36. The van der Waals surface area contributed by atoms with Crippen molar-refractivity contribution in [1.82, 2.24) is 0 Å². The van der Waals surface area contributed by atoms with Crippen molar-refractivity contribution in [1.29, 1.82) is 0 Å². The summed E-state index contributed by atoms with van der Waals surface area (Å²) in [5.74, 6) is 0. The second-order valence-corrected chi connectivity index (χ2v) is 4.09. The molecule has 1 aromatic carbocycles. The third kappa shape index (κ3) is 3.78. The molecule has 0 heterocycles. The molecule has 0 amide bonds. The van der Waals surface area contributed by atoms with Gasteiger partial charge in [-0.1, -0.05) is 22.4 Å². The number of rotatable bonds is 5. The first-order valence-corrected chi connectivity index (χ1v) is 6.29. The molecule has 0 saturated heterocycles. The molecule has 0 atom stereocenters. The Balaban J connectivity index is 3.06. The number of thioether (sulfide) groups is 1. The Morgan fingerprint density at radius 2 is 1.65 bits per heavy atom. The van der Waals surface area contributed by atoms with Crippen molar-refractivity contribution in [3.8, 4) is 0 Å². The normalized spacial score (nSPS) is 12.5. The van der Waals surface area contributed by atoms with Gasteiger partial charge in [0.1, 0.15) is 25.6 Å². The number of hydrogen-bond donors (Lipinski definition) is 0. The fourth-order valence-corrected chi connectivity index (χ4v) is 1.76. The van der Waals surface area contributed by atoms with E-state index in [-0.39, 0.29) is 0 Å². The van der Waals surface area contributed by atoms with Gasteiger partial charge in [-0.3, -0.25) is 0 Å². The molecule has 92 valence electrons. The lowest BCUT2D eigenvalue weighted by Gasteiger charge is -2.05. The summed E-state index contributed by atoms with van der Waals surface area (Å²) >= 11 is 1.70. The maximum atomic E-state index is 4.83. The highest BCUT2D eigenvalue weighted by Crippen LogP contribution is 2.15. The maximum Gasteiger partial charge on any atom is 0.134 e. The first-order chi connectivity index (χ1) is 8.22. The molecule has 0 aliphatic rings. The summed E-state index contributed by atoms with van der Waals surface area (Å²) < 4.78 is 0. The Bertz CT molecular complexity index is 413. The topological polar surface area (TPSA) is 43.2 Å². The van der Waals surface area contributed by atoms with Crippen LogP contribution in [0.3, 0.4) is 0 Å². The van der Waals surface area contributed by atoms with Crippen molar-refractivity contribution in [3.63, 3.8) is 0 Å². The Kier molecular flexibility index (Phi) is 5.56. The van der Waals surface area contributed by atoms with E-state index < -0.39 is 0 Å². The largest absolute Gasteiger partial charge is 0.399 e. The van der Waals surface area contributed by atoms with Gasteiger partial charge in [-0.25, -0.2) is 0 Å². The van der Waals surface area contributed by atoms with Crippen molar-refractivity contribution >= 4 is 23.2 Å². The van der Waals surface area contributed by atoms with Crippen LogP contribution in [-0.2, 0) is 9.68 Å². The van der Waals surface area contributed by atoms with Gasteiger partial charge < -0.3 is 9.68 Å². The summed E-state index contributed by atoms with van der Waals surface area (Å²) in [5.41, 5.74) is 2.29. The third-order valence-corrected chi connectivity index (χ3v) is 2.86. The number of benzene rings is 1. The van der Waals surface area contributed by atoms with E-state index in [1.807, 2.05) is 37.4 Å². The molecule has 5 heteroatoms. The van der Waals surface area contributed by atoms with Crippen LogP contribution in [0.15, 0.2) is 39.5 Å². The van der Waals surface area contributed by atoms with Crippen LogP contribution in [0.2, 0.25) is 0 Å². The molecule has 0 unspecified atom stereocenters. The summed E-state index contributed by atoms with van der Waals surface area (Å²) in [6.45, 7) is 1.82. The van der Waals surface area contributed by atoms with Gasteiger partial charge in [0, 0.05) is 10.5 Å². The Morgan fingerprint density at radius 1 is 1.06 bits per heavy atom. The van der Waals surface area contributed by atoms with Crippen LogP contribution in [0, 0.1) is 0 Å². The van der Waals surface area contributed by atoms with Crippen LogP contribution in [-0.4, -0.2) is 31.9 Å². The maximum absolute atomic E-state index is 4.83. The second kappa shape index (κ2) is 6.96. The lowest BCUT2D eigenvalue weighted by atomic mass is 10.1. The lowest BCUT2D eigenvalue weighted by Crippen LogP contribution is -2.13. The minimum absolute atomic E-state index is 0.669. The van der Waals surface area contributed by atoms with E-state index in [0.717, 1.165) is 5.56 Å². The minimum atomic E-state index is 0.669. The molecule has 0 aliphatic carbocycles. The molecule has 0 radical (unpaired) electrons. The SMILES string of the molecule is CON=C(C)C(=NOC)c1ccc(SC)cc1. The van der Waals surface area contributed by atoms with Gasteiger partial charge in [-0.15, -0.1) is 11.8 Å². The highest BCUT2D eigenvalue weighted by molar-refractivity contribution is 7.98. The first-order valence-electron chi connectivity index (χ1n) is 5.06. The molecule has 4 nitrogen and oxygen atoms in total. The smallest absolute Gasteiger partial charge is 0.134 e. The minimum Gasteiger partial charge on any atom is -0.399 e. The van der Waals surface area contributed by atoms with Crippen molar-refractivity contribution in [2.24, 2.45) is 10.3 Å². The second-order valence-electron chi connectivity index (χ2n) is 3.21. The van der Waals surface area contributed by atoms with Crippen molar-refractivity contribution in [3.05, 3.63) is 29.8 Å². The van der Waals surface area contributed by atoms with Gasteiger partial charge in [-0.2, -0.15) is 0 Å². The van der Waals surface area contributed by atoms with Gasteiger partial charge in [0.15, 0.2) is 0 Å². The van der Waals surface area contributed by atoms with Crippen LogP contribution in [0.1, 0.15) is 12.5 Å². The highest BCUT2D eigenvalue weighted by atomic mass is 32.2. The van der Waals surface area contributed by atoms with Gasteiger partial charge in [-0.05, 0) is 25.3 Å². The van der Waals surface area contributed by atoms with Gasteiger partial charge >= 0.3 is 0 Å². The molecule has 0 N–H and O–H groups in total. The number of nitrogens with zero attached hydrogens (tertiary/aromatic N) is 2. The zero-order chi connectivity index (χ0) is 12.7. The number of hydrogen-bond acceptors (Lipinski definition) is 5. The van der Waals surface area contributed by atoms with Gasteiger partial charge in [0.25, 0.3) is 0 Å². The van der Waals surface area contributed by atoms with Crippen LogP contribution >= 0.6 is 11.8 Å². The molecule has 0 saturated carbocycles. The van der Waals surface area contributed by atoms with Crippen LogP contribution in [0.4, 0.5) is 0 Å². The molecule has 17 heavy (non-hydrogen) atoms. The quantitative estimate of drug-likeness (QED) is 0.460. The Labute approximate surface area is 106 Å². The fourth-order valence-electron chi connectivity index (χ4n) is 1.35. The van der Waals surface area contributed by atoms with Crippen LogP contribution in [0.5, 0.6) is 0 Å². The van der Waals surface area contributed by atoms with E-state index in [9.17, 15) is 0 Å². The van der Waals surface area contributed by atoms with Gasteiger partial charge in [0.2, 0.25) is 0 Å². The van der Waals surface area contributed by atoms with E-state index in [0.29, 0.717) is 11.4 Å². The molecular weight excluding hydrogens is 236 g/mol. The predicted octanol–water partition coefficient (Wildman–Crippen LogP) is 2.78. The molecule has 0 bridgehead atoms. The van der Waals surface area contributed by atoms with Crippen molar-refractivity contribution < 1.29 is 9.68 Å². The Morgan fingerprint density at radius 3 is 2.12 bits per heavy atom. The highest BCUT2D eigenvalue weighted by Gasteiger charge is 2.09. The van der Waals surface area contributed by atoms with E-state index >= 15 is 0 Å². The van der Waals surface area contributed by atoms with Gasteiger partial charge in [0.05, 0.1) is 0 Å². The summed E-state index contributed by atoms with van der Waals surface area (Å²) in [6, 6.07) is 8.03. The van der Waals surface area contributed by atoms with Crippen molar-refractivity contribution in [2.75, 3.05) is 20.5 Å². The van der Waals surface area contributed by atoms with E-state index in [2.05, 4.69) is 10.3 Å². The monoisotopic (exact) mass is 252 g/mol. The van der Waals surface area contributed by atoms with Crippen LogP contribution in [0.25, 0.3) is 0 Å². The van der Waals surface area contributed by atoms with Crippen molar-refractivity contribution in [2.45, 2.75) is 11.8 Å². The van der Waals surface area contributed by atoms with E-state index in [4.69, 9.17) is 9.68 Å². The third-order valence-electron chi connectivity index (χ3n) is 2.12. The molecular formula is C12H16N2O2S. The first kappa shape index (κ1) is 13.6. The standard InChI is InChI=1S/C12H16N2O2S/c1-9(13-15-2)12(14-16-3)10-5-7-11(17-4)8-6-10/h5-8H,1-4H3. The molecule has 0 aliphatic heterocycles. The summed E-state index contributed by atoms with van der Waals surface area (Å²) in [6.07, 6.45) is 2.04. The van der Waals surface area contributed by atoms with E-state index in [1.54, 1.807) is 11.8 Å². The molecule has 0 aromatic heterocycles. The lowest BCUT2D eigenvalue weighted by molar-refractivity contribution is 0.210. The average molecular weight is 252 g/mol. The number of oxime groups is 2. The molecule has 1 rings (SSSR count). The predicted molar refractivity (Wildman–Crippen MR) is 71.9 cm³/mol. The van der Waals surface area contributed by atoms with E-state index in [1.165, 1.54) is 19.1 Å². The zero-order valence-electron chi connectivity index (χ0n) is 10.4. The fraction of sp³-hybridized carbons (Fsp3) is 0.333.